The van der Waals surface area contributed by atoms with Crippen molar-refractivity contribution in [2.75, 3.05) is 6.54 Å². The normalized spacial score (nSPS) is 17.7. The molecule has 6 heteroatoms. The largest absolute Gasteiger partial charge is 0.477 e. The van der Waals surface area contributed by atoms with Crippen LogP contribution in [0.3, 0.4) is 0 Å². The lowest BCUT2D eigenvalue weighted by Gasteiger charge is -2.23. The number of thiophene rings is 1. The Bertz CT molecular complexity index is 708. The summed E-state index contributed by atoms with van der Waals surface area (Å²) in [6.07, 6.45) is 3.29. The first-order valence-corrected chi connectivity index (χ1v) is 7.94. The number of hydrogen-bond donors (Lipinski definition) is 1. The summed E-state index contributed by atoms with van der Waals surface area (Å²) in [4.78, 5) is 31.6. The van der Waals surface area contributed by atoms with E-state index in [0.717, 1.165) is 19.4 Å². The van der Waals surface area contributed by atoms with E-state index in [1.165, 1.54) is 28.1 Å². The van der Waals surface area contributed by atoms with Crippen LogP contribution in [0.15, 0.2) is 30.5 Å². The van der Waals surface area contributed by atoms with Crippen LogP contribution in [-0.4, -0.2) is 33.4 Å². The molecule has 1 saturated heterocycles. The van der Waals surface area contributed by atoms with E-state index < -0.39 is 5.97 Å². The predicted molar refractivity (Wildman–Crippen MR) is 83.3 cm³/mol. The quantitative estimate of drug-likeness (QED) is 0.944. The van der Waals surface area contributed by atoms with Crippen molar-refractivity contribution in [2.45, 2.75) is 25.8 Å². The molecule has 1 fully saturated rings. The molecule has 3 rings (SSSR count). The Hall–Kier alpha value is -2.21. The molecule has 3 heterocycles. The van der Waals surface area contributed by atoms with E-state index in [9.17, 15) is 9.59 Å². The van der Waals surface area contributed by atoms with Gasteiger partial charge < -0.3 is 10.0 Å². The van der Waals surface area contributed by atoms with Crippen molar-refractivity contribution in [2.24, 2.45) is 0 Å². The minimum absolute atomic E-state index is 0.0524. The monoisotopic (exact) mass is 316 g/mol. The molecule has 0 bridgehead atoms. The van der Waals surface area contributed by atoms with Crippen molar-refractivity contribution >= 4 is 23.2 Å². The average Bonchev–Trinajstić information content (AvgIpc) is 3.15. The molecule has 0 aromatic carbocycles. The molecule has 1 atom stereocenters. The van der Waals surface area contributed by atoms with Gasteiger partial charge in [-0.1, -0.05) is 0 Å². The number of carboxylic acids is 1. The Kier molecular flexibility index (Phi) is 3.94. The molecular formula is C16H16N2O3S. The van der Waals surface area contributed by atoms with Gasteiger partial charge in [-0.15, -0.1) is 11.3 Å². The fourth-order valence-corrected chi connectivity index (χ4v) is 3.78. The minimum atomic E-state index is -1.09. The first kappa shape index (κ1) is 14.7. The van der Waals surface area contributed by atoms with Crippen LogP contribution >= 0.6 is 11.3 Å². The van der Waals surface area contributed by atoms with Crippen molar-refractivity contribution in [1.82, 2.24) is 9.88 Å². The average molecular weight is 316 g/mol. The van der Waals surface area contributed by atoms with Crippen LogP contribution in [0.5, 0.6) is 0 Å². The number of carbonyl (C=O) groups excluding carboxylic acids is 1. The SMILES string of the molecule is Cc1ccc([C@@H]2CCCN2C(=O)c2ccc(C(=O)O)nc2)s1. The molecule has 1 N–H and O–H groups in total. The Labute approximate surface area is 132 Å². The summed E-state index contributed by atoms with van der Waals surface area (Å²) in [6.45, 7) is 2.78. The molecule has 0 radical (unpaired) electrons. The van der Waals surface area contributed by atoms with Crippen molar-refractivity contribution in [3.8, 4) is 0 Å². The van der Waals surface area contributed by atoms with Gasteiger partial charge in [0.05, 0.1) is 11.6 Å². The van der Waals surface area contributed by atoms with Crippen molar-refractivity contribution < 1.29 is 14.7 Å². The van der Waals surface area contributed by atoms with Crippen molar-refractivity contribution in [1.29, 1.82) is 0 Å². The number of carboxylic acid groups (broad SMARTS) is 1. The second kappa shape index (κ2) is 5.88. The molecule has 1 aliphatic rings. The summed E-state index contributed by atoms with van der Waals surface area (Å²) in [5.74, 6) is -1.18. The highest BCUT2D eigenvalue weighted by atomic mass is 32.1. The molecular weight excluding hydrogens is 300 g/mol. The highest BCUT2D eigenvalue weighted by Crippen LogP contribution is 2.36. The molecule has 2 aromatic rings. The molecule has 0 unspecified atom stereocenters. The van der Waals surface area contributed by atoms with Crippen LogP contribution in [0.4, 0.5) is 0 Å². The predicted octanol–water partition coefficient (Wildman–Crippen LogP) is 3.13. The molecule has 1 aliphatic heterocycles. The number of aromatic nitrogens is 1. The van der Waals surface area contributed by atoms with E-state index in [4.69, 9.17) is 5.11 Å². The number of nitrogens with zero attached hydrogens (tertiary/aromatic N) is 2. The van der Waals surface area contributed by atoms with Gasteiger partial charge in [-0.3, -0.25) is 4.79 Å². The number of rotatable bonds is 3. The van der Waals surface area contributed by atoms with Gasteiger partial charge in [0.25, 0.3) is 5.91 Å². The number of hydrogen-bond acceptors (Lipinski definition) is 4. The zero-order valence-electron chi connectivity index (χ0n) is 12.2. The van der Waals surface area contributed by atoms with Gasteiger partial charge in [0.1, 0.15) is 5.69 Å². The highest BCUT2D eigenvalue weighted by Gasteiger charge is 2.31. The molecule has 2 aromatic heterocycles. The number of pyridine rings is 1. The third-order valence-corrected chi connectivity index (χ3v) is 4.93. The topological polar surface area (TPSA) is 70.5 Å². The molecule has 0 aliphatic carbocycles. The second-order valence-corrected chi connectivity index (χ2v) is 6.66. The van der Waals surface area contributed by atoms with Gasteiger partial charge in [0, 0.05) is 22.5 Å². The molecule has 1 amide bonds. The maximum Gasteiger partial charge on any atom is 0.354 e. The number of carbonyl (C=O) groups is 2. The summed E-state index contributed by atoms with van der Waals surface area (Å²) in [7, 11) is 0. The third kappa shape index (κ3) is 2.74. The Balaban J connectivity index is 1.82. The van der Waals surface area contributed by atoms with Crippen LogP contribution in [0.25, 0.3) is 0 Å². The van der Waals surface area contributed by atoms with Gasteiger partial charge in [0.2, 0.25) is 0 Å². The maximum absolute atomic E-state index is 12.7. The summed E-state index contributed by atoms with van der Waals surface area (Å²) < 4.78 is 0. The summed E-state index contributed by atoms with van der Waals surface area (Å²) in [5, 5.41) is 8.86. The van der Waals surface area contributed by atoms with E-state index in [2.05, 4.69) is 24.0 Å². The highest BCUT2D eigenvalue weighted by molar-refractivity contribution is 7.12. The Morgan fingerprint density at radius 2 is 2.14 bits per heavy atom. The fourth-order valence-electron chi connectivity index (χ4n) is 2.75. The van der Waals surface area contributed by atoms with Gasteiger partial charge in [0.15, 0.2) is 0 Å². The number of amides is 1. The fraction of sp³-hybridized carbons (Fsp3) is 0.312. The Morgan fingerprint density at radius 3 is 2.73 bits per heavy atom. The van der Waals surface area contributed by atoms with Crippen LogP contribution in [0.2, 0.25) is 0 Å². The smallest absolute Gasteiger partial charge is 0.354 e. The molecule has 0 saturated carbocycles. The van der Waals surface area contributed by atoms with E-state index in [1.807, 2.05) is 4.90 Å². The van der Waals surface area contributed by atoms with E-state index in [0.29, 0.717) is 5.56 Å². The molecule has 22 heavy (non-hydrogen) atoms. The zero-order valence-corrected chi connectivity index (χ0v) is 13.0. The van der Waals surface area contributed by atoms with Gasteiger partial charge >= 0.3 is 5.97 Å². The molecule has 0 spiro atoms. The van der Waals surface area contributed by atoms with Gasteiger partial charge in [-0.2, -0.15) is 0 Å². The number of aryl methyl sites for hydroxylation is 1. The first-order valence-electron chi connectivity index (χ1n) is 7.13. The number of likely N-dealkylation sites (tertiary alicyclic amines) is 1. The zero-order chi connectivity index (χ0) is 15.7. The first-order chi connectivity index (χ1) is 10.6. The van der Waals surface area contributed by atoms with Crippen LogP contribution in [0, 0.1) is 6.92 Å². The second-order valence-electron chi connectivity index (χ2n) is 5.34. The summed E-state index contributed by atoms with van der Waals surface area (Å²) in [5.41, 5.74) is 0.383. The number of aromatic carboxylic acids is 1. The van der Waals surface area contributed by atoms with E-state index in [-0.39, 0.29) is 17.6 Å². The summed E-state index contributed by atoms with van der Waals surface area (Å²) in [6, 6.07) is 7.18. The van der Waals surface area contributed by atoms with Gasteiger partial charge in [-0.25, -0.2) is 9.78 Å². The van der Waals surface area contributed by atoms with Crippen molar-refractivity contribution in [3.63, 3.8) is 0 Å². The lowest BCUT2D eigenvalue weighted by Crippen LogP contribution is -2.30. The minimum Gasteiger partial charge on any atom is -0.477 e. The lowest BCUT2D eigenvalue weighted by molar-refractivity contribution is 0.0686. The van der Waals surface area contributed by atoms with E-state index >= 15 is 0 Å². The standard InChI is InChI=1S/C16H16N2O3S/c1-10-4-7-14(22-10)13-3-2-8-18(13)15(19)11-5-6-12(16(20)21)17-9-11/h4-7,9,13H,2-3,8H2,1H3,(H,20,21)/t13-/m0/s1. The summed E-state index contributed by atoms with van der Waals surface area (Å²) >= 11 is 1.72. The van der Waals surface area contributed by atoms with Crippen LogP contribution < -0.4 is 0 Å². The Morgan fingerprint density at radius 1 is 1.32 bits per heavy atom. The van der Waals surface area contributed by atoms with Crippen LogP contribution in [-0.2, 0) is 0 Å². The lowest BCUT2D eigenvalue weighted by atomic mass is 10.1. The maximum atomic E-state index is 12.7. The van der Waals surface area contributed by atoms with Gasteiger partial charge in [-0.05, 0) is 44.0 Å². The van der Waals surface area contributed by atoms with E-state index in [1.54, 1.807) is 11.3 Å². The molecule has 114 valence electrons. The third-order valence-electron chi connectivity index (χ3n) is 3.83. The molecule has 5 nitrogen and oxygen atoms in total. The van der Waals surface area contributed by atoms with Crippen molar-refractivity contribution in [3.05, 3.63) is 51.5 Å². The van der Waals surface area contributed by atoms with Crippen LogP contribution in [0.1, 0.15) is 49.5 Å².